The van der Waals surface area contributed by atoms with Gasteiger partial charge in [-0.15, -0.1) is 0 Å². The number of amides is 2. The number of aromatic nitrogens is 1. The van der Waals surface area contributed by atoms with Crippen LogP contribution in [0, 0.1) is 0 Å². The third-order valence-electron chi connectivity index (χ3n) is 3.78. The van der Waals surface area contributed by atoms with Gasteiger partial charge in [0.2, 0.25) is 5.56 Å². The van der Waals surface area contributed by atoms with Crippen LogP contribution >= 0.6 is 0 Å². The summed E-state index contributed by atoms with van der Waals surface area (Å²) in [5.41, 5.74) is 1.65. The van der Waals surface area contributed by atoms with Crippen LogP contribution in [0.25, 0.3) is 0 Å². The molecule has 0 aliphatic heterocycles. The summed E-state index contributed by atoms with van der Waals surface area (Å²) >= 11 is 0. The monoisotopic (exact) mass is 297 g/mol. The number of nitrogens with one attached hydrogen (secondary N) is 1. The van der Waals surface area contributed by atoms with Gasteiger partial charge >= 0.3 is 6.03 Å². The van der Waals surface area contributed by atoms with Gasteiger partial charge in [0, 0.05) is 31.9 Å². The highest BCUT2D eigenvalue weighted by atomic mass is 16.2. The van der Waals surface area contributed by atoms with E-state index in [2.05, 4.69) is 5.32 Å². The number of hydrogen-bond donors (Lipinski definition) is 1. The van der Waals surface area contributed by atoms with Crippen LogP contribution in [-0.4, -0.2) is 21.5 Å². The Bertz CT molecular complexity index is 720. The number of hydrogen-bond acceptors (Lipinski definition) is 2. The fourth-order valence-electron chi connectivity index (χ4n) is 2.40. The Balaban J connectivity index is 1.72. The van der Waals surface area contributed by atoms with Crippen LogP contribution in [0.4, 0.5) is 10.5 Å². The molecule has 0 atom stereocenters. The van der Waals surface area contributed by atoms with E-state index in [1.54, 1.807) is 19.3 Å². The van der Waals surface area contributed by atoms with Crippen molar-refractivity contribution in [2.45, 2.75) is 25.4 Å². The van der Waals surface area contributed by atoms with Gasteiger partial charge in [0.1, 0.15) is 0 Å². The molecular formula is C17H19N3O2. The fraction of sp³-hybridized carbons (Fsp3) is 0.294. The Morgan fingerprint density at radius 1 is 1.23 bits per heavy atom. The maximum atomic E-state index is 12.5. The molecule has 1 fully saturated rings. The molecule has 1 aromatic heterocycles. The summed E-state index contributed by atoms with van der Waals surface area (Å²) in [5.74, 6) is 0. The number of rotatable bonds is 4. The minimum Gasteiger partial charge on any atom is -0.317 e. The van der Waals surface area contributed by atoms with Gasteiger partial charge in [0.15, 0.2) is 0 Å². The minimum atomic E-state index is -0.120. The Labute approximate surface area is 129 Å². The Kier molecular flexibility index (Phi) is 3.96. The van der Waals surface area contributed by atoms with Gasteiger partial charge in [-0.1, -0.05) is 30.3 Å². The van der Waals surface area contributed by atoms with Gasteiger partial charge in [-0.05, 0) is 24.5 Å². The van der Waals surface area contributed by atoms with E-state index in [9.17, 15) is 9.59 Å². The molecule has 1 saturated carbocycles. The number of aryl methyl sites for hydroxylation is 1. The first-order valence-corrected chi connectivity index (χ1v) is 7.42. The van der Waals surface area contributed by atoms with E-state index in [4.69, 9.17) is 0 Å². The van der Waals surface area contributed by atoms with Crippen molar-refractivity contribution in [2.24, 2.45) is 7.05 Å². The van der Waals surface area contributed by atoms with Crippen LogP contribution < -0.4 is 10.9 Å². The fourth-order valence-corrected chi connectivity index (χ4v) is 2.40. The zero-order valence-corrected chi connectivity index (χ0v) is 12.5. The molecule has 1 aromatic carbocycles. The number of carbonyl (C=O) groups excluding carboxylic acids is 1. The lowest BCUT2D eigenvalue weighted by Crippen LogP contribution is -2.36. The molecule has 2 amide bonds. The predicted molar refractivity (Wildman–Crippen MR) is 85.7 cm³/mol. The van der Waals surface area contributed by atoms with Crippen LogP contribution in [0.2, 0.25) is 0 Å². The van der Waals surface area contributed by atoms with E-state index < -0.39 is 0 Å². The second kappa shape index (κ2) is 6.05. The lowest BCUT2D eigenvalue weighted by molar-refractivity contribution is 0.206. The molecule has 3 rings (SSSR count). The molecule has 1 heterocycles. The average molecular weight is 297 g/mol. The van der Waals surface area contributed by atoms with Crippen molar-refractivity contribution < 1.29 is 4.79 Å². The van der Waals surface area contributed by atoms with Crippen LogP contribution in [0.15, 0.2) is 53.5 Å². The first-order valence-electron chi connectivity index (χ1n) is 7.42. The van der Waals surface area contributed by atoms with Crippen molar-refractivity contribution in [1.82, 2.24) is 9.47 Å². The van der Waals surface area contributed by atoms with Gasteiger partial charge in [-0.25, -0.2) is 4.79 Å². The SMILES string of the molecule is Cn1cc(NC(=O)N(Cc2ccccc2)C2CC2)ccc1=O. The zero-order valence-electron chi connectivity index (χ0n) is 12.5. The molecule has 0 unspecified atom stereocenters. The number of benzene rings is 1. The molecule has 1 aliphatic carbocycles. The Morgan fingerprint density at radius 3 is 2.59 bits per heavy atom. The van der Waals surface area contributed by atoms with Gasteiger partial charge in [-0.2, -0.15) is 0 Å². The number of anilines is 1. The normalized spacial score (nSPS) is 13.7. The maximum absolute atomic E-state index is 12.5. The quantitative estimate of drug-likeness (QED) is 0.943. The Hall–Kier alpha value is -2.56. The smallest absolute Gasteiger partial charge is 0.317 e. The van der Waals surface area contributed by atoms with Crippen molar-refractivity contribution in [3.63, 3.8) is 0 Å². The molecule has 22 heavy (non-hydrogen) atoms. The van der Waals surface area contributed by atoms with E-state index in [1.165, 1.54) is 10.6 Å². The van der Waals surface area contributed by atoms with Crippen LogP contribution in [-0.2, 0) is 13.6 Å². The first-order chi connectivity index (χ1) is 10.6. The summed E-state index contributed by atoms with van der Waals surface area (Å²) in [7, 11) is 1.67. The molecule has 0 saturated heterocycles. The maximum Gasteiger partial charge on any atom is 0.322 e. The summed E-state index contributed by atoms with van der Waals surface area (Å²) in [6.07, 6.45) is 3.73. The molecule has 0 spiro atoms. The van der Waals surface area contributed by atoms with E-state index in [0.29, 0.717) is 18.3 Å². The molecule has 1 aliphatic rings. The van der Waals surface area contributed by atoms with Crippen LogP contribution in [0.3, 0.4) is 0 Å². The van der Waals surface area contributed by atoms with Crippen molar-refractivity contribution >= 4 is 11.7 Å². The highest BCUT2D eigenvalue weighted by Gasteiger charge is 2.32. The summed E-state index contributed by atoms with van der Waals surface area (Å²) in [6.45, 7) is 0.600. The summed E-state index contributed by atoms with van der Waals surface area (Å²) in [6, 6.07) is 13.2. The molecule has 0 radical (unpaired) electrons. The zero-order chi connectivity index (χ0) is 15.5. The van der Waals surface area contributed by atoms with Gasteiger partial charge in [-0.3, -0.25) is 4.79 Å². The van der Waals surface area contributed by atoms with Crippen molar-refractivity contribution in [3.05, 3.63) is 64.6 Å². The standard InChI is InChI=1S/C17H19N3O2/c1-19-12-14(7-10-16(19)21)18-17(22)20(15-8-9-15)11-13-5-3-2-4-6-13/h2-7,10,12,15H,8-9,11H2,1H3,(H,18,22). The summed E-state index contributed by atoms with van der Waals surface area (Å²) in [5, 5.41) is 2.88. The molecule has 2 aromatic rings. The van der Waals surface area contributed by atoms with Crippen LogP contribution in [0.5, 0.6) is 0 Å². The lowest BCUT2D eigenvalue weighted by atomic mass is 10.2. The van der Waals surface area contributed by atoms with Gasteiger partial charge in [0.05, 0.1) is 5.69 Å². The highest BCUT2D eigenvalue weighted by molar-refractivity contribution is 5.89. The van der Waals surface area contributed by atoms with Crippen molar-refractivity contribution in [1.29, 1.82) is 0 Å². The van der Waals surface area contributed by atoms with E-state index >= 15 is 0 Å². The first kappa shape index (κ1) is 14.4. The second-order valence-corrected chi connectivity index (χ2v) is 5.64. The second-order valence-electron chi connectivity index (χ2n) is 5.64. The number of pyridine rings is 1. The molecule has 1 N–H and O–H groups in total. The molecule has 0 bridgehead atoms. The third-order valence-corrected chi connectivity index (χ3v) is 3.78. The summed E-state index contributed by atoms with van der Waals surface area (Å²) in [4.78, 5) is 25.8. The highest BCUT2D eigenvalue weighted by Crippen LogP contribution is 2.29. The third kappa shape index (κ3) is 3.36. The minimum absolute atomic E-state index is 0.0960. The van der Waals surface area contributed by atoms with Crippen LogP contribution in [0.1, 0.15) is 18.4 Å². The van der Waals surface area contributed by atoms with Crippen molar-refractivity contribution in [2.75, 3.05) is 5.32 Å². The predicted octanol–water partition coefficient (Wildman–Crippen LogP) is 2.58. The molecule has 5 nitrogen and oxygen atoms in total. The average Bonchev–Trinajstić information content (AvgIpc) is 3.34. The molecule has 114 valence electrons. The lowest BCUT2D eigenvalue weighted by Gasteiger charge is -2.23. The van der Waals surface area contributed by atoms with Gasteiger partial charge < -0.3 is 14.8 Å². The van der Waals surface area contributed by atoms with Crippen molar-refractivity contribution in [3.8, 4) is 0 Å². The van der Waals surface area contributed by atoms with E-state index in [-0.39, 0.29) is 11.6 Å². The summed E-state index contributed by atoms with van der Waals surface area (Å²) < 4.78 is 1.45. The number of carbonyl (C=O) groups is 1. The number of nitrogens with zero attached hydrogens (tertiary/aromatic N) is 2. The largest absolute Gasteiger partial charge is 0.322 e. The Morgan fingerprint density at radius 2 is 1.95 bits per heavy atom. The van der Waals surface area contributed by atoms with E-state index in [1.807, 2.05) is 35.2 Å². The molecule has 5 heteroatoms. The topological polar surface area (TPSA) is 54.3 Å². The molecular weight excluding hydrogens is 278 g/mol. The number of urea groups is 1. The van der Waals surface area contributed by atoms with Gasteiger partial charge in [0.25, 0.3) is 0 Å². The van der Waals surface area contributed by atoms with E-state index in [0.717, 1.165) is 18.4 Å².